The zero-order valence-corrected chi connectivity index (χ0v) is 16.4. The van der Waals surface area contributed by atoms with Crippen molar-refractivity contribution < 1.29 is 10.3 Å². The number of aliphatic hydroxyl groups excluding tert-OH is 1. The number of aliphatic hydroxyl groups is 1. The first-order valence-corrected chi connectivity index (χ1v) is 10.5. The predicted octanol–water partition coefficient (Wildman–Crippen LogP) is 5.67. The minimum absolute atomic E-state index is 0.0914. The van der Waals surface area contributed by atoms with Crippen LogP contribution in [0.15, 0.2) is 53.4 Å². The highest BCUT2D eigenvalue weighted by atomic mass is 32.2. The summed E-state index contributed by atoms with van der Waals surface area (Å²) in [6.07, 6.45) is 3.82. The largest absolute Gasteiger partial charge is 0.392 e. The third-order valence-electron chi connectivity index (χ3n) is 5.82. The molecule has 0 amide bonds. The van der Waals surface area contributed by atoms with Crippen molar-refractivity contribution in [1.82, 2.24) is 0 Å². The Labute approximate surface area is 160 Å². The van der Waals surface area contributed by atoms with E-state index in [2.05, 4.69) is 37.5 Å². The summed E-state index contributed by atoms with van der Waals surface area (Å²) in [5.74, 6) is 0.832. The molecule has 140 valence electrons. The van der Waals surface area contributed by atoms with Crippen molar-refractivity contribution in [2.45, 2.75) is 56.4 Å². The molecule has 0 saturated carbocycles. The van der Waals surface area contributed by atoms with Crippen molar-refractivity contribution in [2.24, 2.45) is 5.41 Å². The average molecular weight is 372 g/mol. The lowest BCUT2D eigenvalue weighted by molar-refractivity contribution is 0.0182. The zero-order chi connectivity index (χ0) is 18.6. The lowest BCUT2D eigenvalue weighted by Crippen LogP contribution is -2.40. The second-order valence-corrected chi connectivity index (χ2v) is 8.32. The Balaban J connectivity index is 2.13. The normalized spacial score (nSPS) is 25.4. The number of thioether (sulfide) groups is 1. The first kappa shape index (κ1) is 19.3. The van der Waals surface area contributed by atoms with Gasteiger partial charge in [0.2, 0.25) is 0 Å². The lowest BCUT2D eigenvalue weighted by Gasteiger charge is -2.39. The number of hydrogen-bond acceptors (Lipinski definition) is 4. The predicted molar refractivity (Wildman–Crippen MR) is 109 cm³/mol. The molecule has 3 N–H and O–H groups in total. The summed E-state index contributed by atoms with van der Waals surface area (Å²) in [6, 6.07) is 16.2. The van der Waals surface area contributed by atoms with Crippen molar-refractivity contribution in [2.75, 3.05) is 11.2 Å². The monoisotopic (exact) mass is 371 g/mol. The van der Waals surface area contributed by atoms with Gasteiger partial charge in [0.05, 0.1) is 11.8 Å². The molecule has 0 spiro atoms. The summed E-state index contributed by atoms with van der Waals surface area (Å²) >= 11 is 1.84. The number of benzene rings is 2. The van der Waals surface area contributed by atoms with Crippen LogP contribution in [0.5, 0.6) is 0 Å². The number of anilines is 1. The van der Waals surface area contributed by atoms with Crippen molar-refractivity contribution in [1.29, 1.82) is 0 Å². The van der Waals surface area contributed by atoms with Crippen molar-refractivity contribution in [3.05, 3.63) is 59.7 Å². The van der Waals surface area contributed by atoms with E-state index in [9.17, 15) is 10.3 Å². The Bertz CT molecular complexity index is 721. The summed E-state index contributed by atoms with van der Waals surface area (Å²) in [6.45, 7) is 4.42. The molecular weight excluding hydrogens is 342 g/mol. The fourth-order valence-corrected chi connectivity index (χ4v) is 5.56. The molecule has 0 saturated heterocycles. The molecule has 0 aromatic heterocycles. The summed E-state index contributed by atoms with van der Waals surface area (Å²) in [4.78, 5) is 1.20. The van der Waals surface area contributed by atoms with Crippen LogP contribution in [0.4, 0.5) is 5.69 Å². The van der Waals surface area contributed by atoms with Crippen molar-refractivity contribution in [3.63, 3.8) is 0 Å². The molecule has 2 aromatic carbocycles. The number of fused-ring (bicyclic) bond motifs is 1. The first-order chi connectivity index (χ1) is 12.6. The van der Waals surface area contributed by atoms with Crippen LogP contribution in [-0.2, 0) is 0 Å². The summed E-state index contributed by atoms with van der Waals surface area (Å²) in [7, 11) is 0. The fraction of sp³-hybridized carbons (Fsp3) is 0.455. The van der Waals surface area contributed by atoms with Gasteiger partial charge in [-0.15, -0.1) is 11.8 Å². The van der Waals surface area contributed by atoms with E-state index in [1.54, 1.807) is 0 Å². The molecule has 26 heavy (non-hydrogen) atoms. The fourth-order valence-electron chi connectivity index (χ4n) is 4.08. The van der Waals surface area contributed by atoms with E-state index in [-0.39, 0.29) is 11.3 Å². The zero-order valence-electron chi connectivity index (χ0n) is 15.6. The number of rotatable bonds is 6. The maximum absolute atomic E-state index is 11.7. The van der Waals surface area contributed by atoms with Crippen LogP contribution in [0, 0.1) is 5.41 Å². The molecule has 0 radical (unpaired) electrons. The van der Waals surface area contributed by atoms with Gasteiger partial charge in [-0.1, -0.05) is 57.0 Å². The SMILES string of the molecule is CCCCC1(CC)CSc2ccc(NO)cc2C(c2ccccc2)C1O. The smallest absolute Gasteiger partial charge is 0.0713 e. The van der Waals surface area contributed by atoms with E-state index >= 15 is 0 Å². The van der Waals surface area contributed by atoms with E-state index in [0.29, 0.717) is 5.69 Å². The van der Waals surface area contributed by atoms with Crippen LogP contribution in [0.2, 0.25) is 0 Å². The Morgan fingerprint density at radius 3 is 2.58 bits per heavy atom. The van der Waals surface area contributed by atoms with Gasteiger partial charge in [0, 0.05) is 22.0 Å². The third-order valence-corrected chi connectivity index (χ3v) is 7.23. The molecule has 3 unspecified atom stereocenters. The van der Waals surface area contributed by atoms with Crippen LogP contribution >= 0.6 is 11.8 Å². The summed E-state index contributed by atoms with van der Waals surface area (Å²) in [5.41, 5.74) is 5.05. The maximum atomic E-state index is 11.7. The lowest BCUT2D eigenvalue weighted by atomic mass is 9.69. The molecule has 3 nitrogen and oxygen atoms in total. The van der Waals surface area contributed by atoms with Crippen molar-refractivity contribution in [3.8, 4) is 0 Å². The quantitative estimate of drug-likeness (QED) is 0.572. The topological polar surface area (TPSA) is 52.5 Å². The number of hydrogen-bond donors (Lipinski definition) is 3. The molecule has 0 fully saturated rings. The van der Waals surface area contributed by atoms with E-state index < -0.39 is 6.10 Å². The van der Waals surface area contributed by atoms with E-state index in [4.69, 9.17) is 0 Å². The van der Waals surface area contributed by atoms with Gasteiger partial charge in [0.1, 0.15) is 0 Å². The number of unbranched alkanes of at least 4 members (excludes halogenated alkanes) is 1. The van der Waals surface area contributed by atoms with Gasteiger partial charge in [-0.3, -0.25) is 10.7 Å². The summed E-state index contributed by atoms with van der Waals surface area (Å²) < 4.78 is 0. The first-order valence-electron chi connectivity index (χ1n) is 9.55. The average Bonchev–Trinajstić information content (AvgIpc) is 2.81. The Kier molecular flexibility index (Phi) is 6.28. The standard InChI is InChI=1S/C22H29NO2S/c1-3-5-13-22(4-2)15-26-19-12-11-17(23-25)14-18(19)20(21(22)24)16-9-7-6-8-10-16/h6-12,14,20-21,23-25H,3-5,13,15H2,1-2H3. The van der Waals surface area contributed by atoms with Crippen LogP contribution in [-0.4, -0.2) is 22.2 Å². The van der Waals surface area contributed by atoms with Crippen LogP contribution in [0.1, 0.15) is 56.6 Å². The molecule has 0 bridgehead atoms. The Morgan fingerprint density at radius 1 is 1.15 bits per heavy atom. The molecule has 1 heterocycles. The van der Waals surface area contributed by atoms with Crippen molar-refractivity contribution >= 4 is 17.4 Å². The van der Waals surface area contributed by atoms with Crippen LogP contribution < -0.4 is 5.48 Å². The molecular formula is C22H29NO2S. The minimum atomic E-state index is -0.454. The van der Waals surface area contributed by atoms with E-state index in [0.717, 1.165) is 42.6 Å². The maximum Gasteiger partial charge on any atom is 0.0713 e. The second-order valence-electron chi connectivity index (χ2n) is 7.31. The van der Waals surface area contributed by atoms with Gasteiger partial charge in [-0.25, -0.2) is 0 Å². The molecule has 3 atom stereocenters. The van der Waals surface area contributed by atoms with Gasteiger partial charge in [0.15, 0.2) is 0 Å². The molecule has 4 heteroatoms. The Morgan fingerprint density at radius 2 is 1.92 bits per heavy atom. The molecule has 1 aliphatic heterocycles. The minimum Gasteiger partial charge on any atom is -0.392 e. The van der Waals surface area contributed by atoms with Gasteiger partial charge in [-0.2, -0.15) is 0 Å². The van der Waals surface area contributed by atoms with Gasteiger partial charge < -0.3 is 5.11 Å². The molecule has 0 aliphatic carbocycles. The van der Waals surface area contributed by atoms with Gasteiger partial charge in [0.25, 0.3) is 0 Å². The van der Waals surface area contributed by atoms with Crippen LogP contribution in [0.3, 0.4) is 0 Å². The van der Waals surface area contributed by atoms with Gasteiger partial charge >= 0.3 is 0 Å². The highest BCUT2D eigenvalue weighted by Gasteiger charge is 2.44. The highest BCUT2D eigenvalue weighted by molar-refractivity contribution is 7.99. The van der Waals surface area contributed by atoms with E-state index in [1.165, 1.54) is 4.90 Å². The molecule has 3 rings (SSSR count). The van der Waals surface area contributed by atoms with Crippen LogP contribution in [0.25, 0.3) is 0 Å². The third kappa shape index (κ3) is 3.64. The van der Waals surface area contributed by atoms with E-state index in [1.807, 2.05) is 42.1 Å². The molecule has 1 aliphatic rings. The summed E-state index contributed by atoms with van der Waals surface area (Å²) in [5, 5.41) is 21.0. The second kappa shape index (κ2) is 8.47. The highest BCUT2D eigenvalue weighted by Crippen LogP contribution is 2.51. The molecule has 2 aromatic rings. The Hall–Kier alpha value is -1.49. The number of nitrogens with one attached hydrogen (secondary N) is 1. The van der Waals surface area contributed by atoms with Gasteiger partial charge in [-0.05, 0) is 42.2 Å².